The third kappa shape index (κ3) is 3.16. The standard InChI is InChI=1S/C50H43N5Si2/c1-49(2)34-17-11-14-20-38(34)51-39-22-21-32-30-15-9-12-18-36(30)52-42-25-28(56(3,4)5)23-40-41-24-29(57(6,7)8)26-43-53-37-19-13-10-16-31(37)33-27-35(49)48(51)45(47(33)53)50(54(40)42,55(41)43)44(39)46(32)52/h9-27H,1-8H3/q+2. The summed E-state index contributed by atoms with van der Waals surface area (Å²) in [6, 6.07) is 45.5. The van der Waals surface area contributed by atoms with Crippen LogP contribution in [0.15, 0.2) is 115 Å². The Kier molecular flexibility index (Phi) is 5.04. The van der Waals surface area contributed by atoms with E-state index in [1.54, 1.807) is 0 Å². The van der Waals surface area contributed by atoms with Gasteiger partial charge >= 0.3 is 5.66 Å². The van der Waals surface area contributed by atoms with Gasteiger partial charge in [-0.1, -0.05) is 95.6 Å². The van der Waals surface area contributed by atoms with E-state index in [1.807, 2.05) is 0 Å². The van der Waals surface area contributed by atoms with Gasteiger partial charge in [-0.3, -0.25) is 0 Å². The molecule has 0 fully saturated rings. The number of hydrogen-bond donors (Lipinski definition) is 0. The highest BCUT2D eigenvalue weighted by atomic mass is 28.3. The molecule has 0 aliphatic carbocycles. The third-order valence-electron chi connectivity index (χ3n) is 14.6. The van der Waals surface area contributed by atoms with E-state index in [0.29, 0.717) is 0 Å². The summed E-state index contributed by atoms with van der Waals surface area (Å²) < 4.78 is 11.0. The highest BCUT2D eigenvalue weighted by Crippen LogP contribution is 2.65. The van der Waals surface area contributed by atoms with Gasteiger partial charge in [0, 0.05) is 39.1 Å². The molecule has 1 atom stereocenters. The number of fused-ring (bicyclic) bond motifs is 12. The number of pyridine rings is 2. The molecule has 5 aliphatic rings. The minimum Gasteiger partial charge on any atom is -0.308 e. The Bertz CT molecular complexity index is 3460. The number of aromatic nitrogens is 4. The van der Waals surface area contributed by atoms with Crippen molar-refractivity contribution in [1.82, 2.24) is 9.13 Å². The number of anilines is 3. The maximum atomic E-state index is 2.82. The maximum absolute atomic E-state index is 2.82. The van der Waals surface area contributed by atoms with Crippen LogP contribution < -0.4 is 24.4 Å². The average Bonchev–Trinajstić information content (AvgIpc) is 3.81. The van der Waals surface area contributed by atoms with Gasteiger partial charge in [-0.05, 0) is 82.2 Å². The van der Waals surface area contributed by atoms with Crippen molar-refractivity contribution in [2.75, 3.05) is 4.90 Å². The summed E-state index contributed by atoms with van der Waals surface area (Å²) in [6.45, 7) is 20.0. The monoisotopic (exact) mass is 769 g/mol. The van der Waals surface area contributed by atoms with Crippen molar-refractivity contribution in [2.24, 2.45) is 0 Å². The second-order valence-electron chi connectivity index (χ2n) is 19.9. The minimum atomic E-state index is -1.80. The normalized spacial score (nSPS) is 18.4. The molecule has 5 aromatic carbocycles. The van der Waals surface area contributed by atoms with Gasteiger partial charge in [0.15, 0.2) is 22.4 Å². The molecule has 274 valence electrons. The van der Waals surface area contributed by atoms with Gasteiger partial charge in [-0.15, -0.1) is 0 Å². The van der Waals surface area contributed by atoms with E-state index in [1.165, 1.54) is 116 Å². The summed E-state index contributed by atoms with van der Waals surface area (Å²) in [5.74, 6) is 2.56. The first-order valence-corrected chi connectivity index (χ1v) is 27.6. The van der Waals surface area contributed by atoms with Gasteiger partial charge in [0.1, 0.15) is 22.2 Å². The lowest BCUT2D eigenvalue weighted by molar-refractivity contribution is -0.933. The fourth-order valence-electron chi connectivity index (χ4n) is 12.0. The van der Waals surface area contributed by atoms with E-state index in [4.69, 9.17) is 0 Å². The molecule has 57 heavy (non-hydrogen) atoms. The van der Waals surface area contributed by atoms with Gasteiger partial charge < -0.3 is 4.90 Å². The first kappa shape index (κ1) is 31.3. The summed E-state index contributed by atoms with van der Waals surface area (Å²) in [5, 5.41) is 8.30. The number of nitrogens with zero attached hydrogens (tertiary/aromatic N) is 5. The van der Waals surface area contributed by atoms with Gasteiger partial charge in [-0.2, -0.15) is 18.3 Å². The molecule has 0 amide bonds. The third-order valence-corrected chi connectivity index (χ3v) is 18.6. The van der Waals surface area contributed by atoms with Crippen LogP contribution in [-0.2, 0) is 11.1 Å². The van der Waals surface area contributed by atoms with E-state index in [0.717, 1.165) is 0 Å². The lowest BCUT2D eigenvalue weighted by atomic mass is 9.68. The fourth-order valence-corrected chi connectivity index (χ4v) is 14.3. The molecular formula is C50H43N5Si2+2. The van der Waals surface area contributed by atoms with Crippen LogP contribution in [0.5, 0.6) is 0 Å². The predicted molar refractivity (Wildman–Crippen MR) is 239 cm³/mol. The summed E-state index contributed by atoms with van der Waals surface area (Å²) in [5.41, 5.74) is 16.5. The van der Waals surface area contributed by atoms with Crippen LogP contribution in [0.25, 0.3) is 66.6 Å². The molecule has 4 aromatic heterocycles. The SMILES string of the molecule is CC1(C)c2ccccc2N2c3ccc4c5ccccc5n5c4c3C34c6c2c1cc1c2ccccc2n(c61)-c1cc([Si](C)(C)C)cc([n+]13)-c1cc([Si](C)(C)C)cc-5[n+]14. The second-order valence-corrected chi connectivity index (χ2v) is 30.1. The first-order valence-electron chi connectivity index (χ1n) is 20.6. The minimum absolute atomic E-state index is 0.232. The molecular weight excluding hydrogens is 727 g/mol. The fraction of sp³-hybridized carbons (Fsp3) is 0.200. The second kappa shape index (κ2) is 9.17. The Morgan fingerprint density at radius 1 is 0.491 bits per heavy atom. The quantitative estimate of drug-likeness (QED) is 0.127. The average molecular weight is 770 g/mol. The van der Waals surface area contributed by atoms with Crippen LogP contribution in [0.2, 0.25) is 39.3 Å². The molecule has 9 aromatic rings. The zero-order chi connectivity index (χ0) is 38.4. The lowest BCUT2D eigenvalue weighted by Crippen LogP contribution is -2.76. The van der Waals surface area contributed by atoms with Crippen LogP contribution in [0.1, 0.15) is 36.1 Å². The zero-order valence-corrected chi connectivity index (χ0v) is 35.7. The van der Waals surface area contributed by atoms with E-state index in [-0.39, 0.29) is 5.41 Å². The highest BCUT2D eigenvalue weighted by molar-refractivity contribution is 6.89. The molecule has 7 heteroatoms. The molecule has 1 spiro atoms. The van der Waals surface area contributed by atoms with Crippen LogP contribution in [-0.4, -0.2) is 25.3 Å². The van der Waals surface area contributed by atoms with Crippen molar-refractivity contribution in [3.63, 3.8) is 0 Å². The predicted octanol–water partition coefficient (Wildman–Crippen LogP) is 9.87. The Balaban J connectivity index is 1.35. The Morgan fingerprint density at radius 2 is 1.04 bits per heavy atom. The molecule has 1 unspecified atom stereocenters. The molecule has 0 saturated heterocycles. The van der Waals surface area contributed by atoms with Crippen molar-refractivity contribution in [3.05, 3.63) is 138 Å². The summed E-state index contributed by atoms with van der Waals surface area (Å²) in [6.07, 6.45) is 0. The summed E-state index contributed by atoms with van der Waals surface area (Å²) in [7, 11) is -3.60. The smallest absolute Gasteiger partial charge is 0.308 e. The Hall–Kier alpha value is -5.77. The van der Waals surface area contributed by atoms with Crippen molar-refractivity contribution in [1.29, 1.82) is 0 Å². The molecule has 0 N–H and O–H groups in total. The summed E-state index contributed by atoms with van der Waals surface area (Å²) >= 11 is 0. The molecule has 0 radical (unpaired) electrons. The topological polar surface area (TPSA) is 20.9 Å². The molecule has 0 bridgehead atoms. The van der Waals surface area contributed by atoms with E-state index < -0.39 is 21.8 Å². The lowest BCUT2D eigenvalue weighted by Gasteiger charge is -2.49. The number of hydrogen-bond acceptors (Lipinski definition) is 1. The van der Waals surface area contributed by atoms with Crippen molar-refractivity contribution >= 4 is 87.2 Å². The van der Waals surface area contributed by atoms with Gasteiger partial charge in [0.2, 0.25) is 0 Å². The highest BCUT2D eigenvalue weighted by Gasteiger charge is 2.70. The molecule has 0 saturated carbocycles. The van der Waals surface area contributed by atoms with E-state index >= 15 is 0 Å². The number of benzene rings is 5. The first-order chi connectivity index (χ1) is 27.3. The molecule has 9 heterocycles. The van der Waals surface area contributed by atoms with Gasteiger partial charge in [0.05, 0.1) is 33.2 Å². The Morgan fingerprint density at radius 3 is 1.65 bits per heavy atom. The van der Waals surface area contributed by atoms with Crippen molar-refractivity contribution < 1.29 is 9.13 Å². The van der Waals surface area contributed by atoms with Gasteiger partial charge in [-0.25, -0.2) is 0 Å². The van der Waals surface area contributed by atoms with Crippen LogP contribution in [0.4, 0.5) is 17.1 Å². The summed E-state index contributed by atoms with van der Waals surface area (Å²) in [4.78, 5) is 2.68. The van der Waals surface area contributed by atoms with Crippen LogP contribution >= 0.6 is 0 Å². The maximum Gasteiger partial charge on any atom is 0.319 e. The molecule has 5 aliphatic heterocycles. The number of para-hydroxylation sites is 3. The van der Waals surface area contributed by atoms with Crippen molar-refractivity contribution in [2.45, 2.75) is 64.2 Å². The molecule has 14 rings (SSSR count). The van der Waals surface area contributed by atoms with Crippen LogP contribution in [0, 0.1) is 0 Å². The van der Waals surface area contributed by atoms with Crippen LogP contribution in [0.3, 0.4) is 0 Å². The molecule has 5 nitrogen and oxygen atoms in total. The largest absolute Gasteiger partial charge is 0.319 e. The van der Waals surface area contributed by atoms with E-state index in [2.05, 4.69) is 192 Å². The van der Waals surface area contributed by atoms with Crippen molar-refractivity contribution in [3.8, 4) is 23.0 Å². The van der Waals surface area contributed by atoms with E-state index in [9.17, 15) is 0 Å². The Labute approximate surface area is 333 Å². The van der Waals surface area contributed by atoms with Gasteiger partial charge in [0.25, 0.3) is 11.6 Å². The number of rotatable bonds is 2. The zero-order valence-electron chi connectivity index (χ0n) is 33.7.